The predicted molar refractivity (Wildman–Crippen MR) is 55.6 cm³/mol. The minimum absolute atomic E-state index is 0.291. The van der Waals surface area contributed by atoms with Gasteiger partial charge in [0.05, 0.1) is 19.3 Å². The van der Waals surface area contributed by atoms with Crippen molar-refractivity contribution < 1.29 is 9.47 Å². The molecule has 0 radical (unpaired) electrons. The zero-order valence-electron chi connectivity index (χ0n) is 8.75. The van der Waals surface area contributed by atoms with Gasteiger partial charge in [-0.3, -0.25) is 0 Å². The van der Waals surface area contributed by atoms with Gasteiger partial charge in [-0.25, -0.2) is 0 Å². The Labute approximate surface area is 84.8 Å². The standard InChI is InChI=1S/C12H16O2/c1-9(2)14-8-10-3-4-12-11(7-10)5-6-13-12/h3-4,7,9H,5-6,8H2,1-2H3. The van der Waals surface area contributed by atoms with Crippen molar-refractivity contribution in [1.29, 1.82) is 0 Å². The van der Waals surface area contributed by atoms with Crippen LogP contribution >= 0.6 is 0 Å². The molecule has 1 aromatic rings. The highest BCUT2D eigenvalue weighted by Crippen LogP contribution is 2.26. The first-order valence-electron chi connectivity index (χ1n) is 5.12. The van der Waals surface area contributed by atoms with Crippen LogP contribution < -0.4 is 4.74 Å². The van der Waals surface area contributed by atoms with Crippen molar-refractivity contribution in [3.63, 3.8) is 0 Å². The Balaban J connectivity index is 2.05. The van der Waals surface area contributed by atoms with Gasteiger partial charge in [0.25, 0.3) is 0 Å². The second-order valence-corrected chi connectivity index (χ2v) is 3.90. The average Bonchev–Trinajstić information content (AvgIpc) is 2.61. The number of hydrogen-bond acceptors (Lipinski definition) is 2. The summed E-state index contributed by atoms with van der Waals surface area (Å²) >= 11 is 0. The van der Waals surface area contributed by atoms with Crippen molar-refractivity contribution in [1.82, 2.24) is 0 Å². The Morgan fingerprint density at radius 2 is 2.29 bits per heavy atom. The van der Waals surface area contributed by atoms with Gasteiger partial charge in [0, 0.05) is 6.42 Å². The molecule has 0 N–H and O–H groups in total. The van der Waals surface area contributed by atoms with Crippen LogP contribution in [0.4, 0.5) is 0 Å². The minimum Gasteiger partial charge on any atom is -0.493 e. The highest BCUT2D eigenvalue weighted by Gasteiger charge is 2.11. The van der Waals surface area contributed by atoms with Gasteiger partial charge in [0.2, 0.25) is 0 Å². The van der Waals surface area contributed by atoms with E-state index in [-0.39, 0.29) is 0 Å². The first-order chi connectivity index (χ1) is 6.75. The summed E-state index contributed by atoms with van der Waals surface area (Å²) < 4.78 is 11.0. The largest absolute Gasteiger partial charge is 0.493 e. The van der Waals surface area contributed by atoms with Crippen LogP contribution in [0.3, 0.4) is 0 Å². The molecule has 0 fully saturated rings. The van der Waals surface area contributed by atoms with Crippen LogP contribution in [0, 0.1) is 0 Å². The van der Waals surface area contributed by atoms with E-state index in [2.05, 4.69) is 26.0 Å². The second-order valence-electron chi connectivity index (χ2n) is 3.90. The quantitative estimate of drug-likeness (QED) is 0.732. The third-order valence-electron chi connectivity index (χ3n) is 2.34. The number of rotatable bonds is 3. The van der Waals surface area contributed by atoms with E-state index >= 15 is 0 Å². The van der Waals surface area contributed by atoms with E-state index in [1.807, 2.05) is 6.07 Å². The van der Waals surface area contributed by atoms with Gasteiger partial charge in [-0.2, -0.15) is 0 Å². The summed E-state index contributed by atoms with van der Waals surface area (Å²) in [5.41, 5.74) is 2.55. The zero-order valence-corrected chi connectivity index (χ0v) is 8.75. The lowest BCUT2D eigenvalue weighted by Crippen LogP contribution is -2.02. The molecule has 0 atom stereocenters. The van der Waals surface area contributed by atoms with Crippen molar-refractivity contribution >= 4 is 0 Å². The van der Waals surface area contributed by atoms with E-state index in [4.69, 9.17) is 9.47 Å². The van der Waals surface area contributed by atoms with Crippen LogP contribution in [0.5, 0.6) is 5.75 Å². The van der Waals surface area contributed by atoms with Crippen molar-refractivity contribution in [3.05, 3.63) is 29.3 Å². The minimum atomic E-state index is 0.291. The van der Waals surface area contributed by atoms with Crippen molar-refractivity contribution in [3.8, 4) is 5.75 Å². The van der Waals surface area contributed by atoms with Crippen LogP contribution in [0.25, 0.3) is 0 Å². The number of fused-ring (bicyclic) bond motifs is 1. The maximum Gasteiger partial charge on any atom is 0.122 e. The van der Waals surface area contributed by atoms with Crippen LogP contribution in [0.2, 0.25) is 0 Å². The van der Waals surface area contributed by atoms with E-state index in [1.54, 1.807) is 0 Å². The topological polar surface area (TPSA) is 18.5 Å². The maximum absolute atomic E-state index is 5.55. The zero-order chi connectivity index (χ0) is 9.97. The smallest absolute Gasteiger partial charge is 0.122 e. The van der Waals surface area contributed by atoms with Crippen molar-refractivity contribution in [2.45, 2.75) is 33.0 Å². The van der Waals surface area contributed by atoms with Crippen LogP contribution in [-0.4, -0.2) is 12.7 Å². The van der Waals surface area contributed by atoms with E-state index in [0.717, 1.165) is 18.8 Å². The Morgan fingerprint density at radius 1 is 1.43 bits per heavy atom. The Hall–Kier alpha value is -1.02. The number of ether oxygens (including phenoxy) is 2. The Kier molecular flexibility index (Phi) is 2.73. The third-order valence-corrected chi connectivity index (χ3v) is 2.34. The predicted octanol–water partition coefficient (Wildman–Crippen LogP) is 2.55. The molecule has 76 valence electrons. The molecule has 0 saturated heterocycles. The van der Waals surface area contributed by atoms with Gasteiger partial charge in [0.1, 0.15) is 5.75 Å². The highest BCUT2D eigenvalue weighted by molar-refractivity contribution is 5.39. The molecule has 2 rings (SSSR count). The first kappa shape index (κ1) is 9.53. The molecule has 2 heteroatoms. The molecule has 0 spiro atoms. The van der Waals surface area contributed by atoms with Gasteiger partial charge in [-0.15, -0.1) is 0 Å². The molecule has 1 aliphatic heterocycles. The molecule has 2 nitrogen and oxygen atoms in total. The van der Waals surface area contributed by atoms with Crippen LogP contribution in [0.15, 0.2) is 18.2 Å². The normalized spacial score (nSPS) is 14.2. The number of benzene rings is 1. The Bertz CT molecular complexity index is 318. The molecule has 0 bridgehead atoms. The summed E-state index contributed by atoms with van der Waals surface area (Å²) in [7, 11) is 0. The lowest BCUT2D eigenvalue weighted by molar-refractivity contribution is 0.0657. The molecule has 0 aliphatic carbocycles. The van der Waals surface area contributed by atoms with Gasteiger partial charge in [-0.1, -0.05) is 6.07 Å². The summed E-state index contributed by atoms with van der Waals surface area (Å²) in [5.74, 6) is 1.04. The molecule has 0 unspecified atom stereocenters. The maximum atomic E-state index is 5.55. The Morgan fingerprint density at radius 3 is 3.07 bits per heavy atom. The van der Waals surface area contributed by atoms with E-state index in [0.29, 0.717) is 12.7 Å². The summed E-state index contributed by atoms with van der Waals surface area (Å²) in [6.07, 6.45) is 1.32. The molecule has 1 heterocycles. The van der Waals surface area contributed by atoms with Gasteiger partial charge in [-0.05, 0) is 37.1 Å². The fraction of sp³-hybridized carbons (Fsp3) is 0.500. The summed E-state index contributed by atoms with van der Waals surface area (Å²) in [6.45, 7) is 5.63. The third kappa shape index (κ3) is 2.07. The summed E-state index contributed by atoms with van der Waals surface area (Å²) in [5, 5.41) is 0. The first-order valence-corrected chi connectivity index (χ1v) is 5.12. The number of hydrogen-bond donors (Lipinski definition) is 0. The fourth-order valence-corrected chi connectivity index (χ4v) is 1.59. The van der Waals surface area contributed by atoms with Gasteiger partial charge >= 0.3 is 0 Å². The molecule has 1 aromatic carbocycles. The van der Waals surface area contributed by atoms with Crippen LogP contribution in [-0.2, 0) is 17.8 Å². The fourth-order valence-electron chi connectivity index (χ4n) is 1.59. The van der Waals surface area contributed by atoms with E-state index < -0.39 is 0 Å². The lowest BCUT2D eigenvalue weighted by Gasteiger charge is -2.08. The van der Waals surface area contributed by atoms with Crippen molar-refractivity contribution in [2.75, 3.05) is 6.61 Å². The molecule has 0 amide bonds. The lowest BCUT2D eigenvalue weighted by atomic mass is 10.1. The molecular formula is C12H16O2. The van der Waals surface area contributed by atoms with Gasteiger partial charge in [0.15, 0.2) is 0 Å². The summed E-state index contributed by atoms with van der Waals surface area (Å²) in [6, 6.07) is 6.30. The molecule has 0 saturated carbocycles. The summed E-state index contributed by atoms with van der Waals surface area (Å²) in [4.78, 5) is 0. The molecule has 0 aromatic heterocycles. The van der Waals surface area contributed by atoms with Gasteiger partial charge < -0.3 is 9.47 Å². The molecule has 1 aliphatic rings. The molecule has 14 heavy (non-hydrogen) atoms. The van der Waals surface area contributed by atoms with E-state index in [9.17, 15) is 0 Å². The molecular weight excluding hydrogens is 176 g/mol. The highest BCUT2D eigenvalue weighted by atomic mass is 16.5. The second kappa shape index (κ2) is 4.01. The van der Waals surface area contributed by atoms with Crippen LogP contribution in [0.1, 0.15) is 25.0 Å². The SMILES string of the molecule is CC(C)OCc1ccc2c(c1)CCO2. The van der Waals surface area contributed by atoms with E-state index in [1.165, 1.54) is 11.1 Å². The monoisotopic (exact) mass is 192 g/mol. The van der Waals surface area contributed by atoms with Crippen molar-refractivity contribution in [2.24, 2.45) is 0 Å². The average molecular weight is 192 g/mol.